The third kappa shape index (κ3) is 4.32. The number of amides is 1. The summed E-state index contributed by atoms with van der Waals surface area (Å²) in [5.41, 5.74) is 0.543. The number of ketones is 1. The molecule has 2 bridgehead atoms. The first-order valence-electron chi connectivity index (χ1n) is 9.10. The van der Waals surface area contributed by atoms with Gasteiger partial charge in [-0.1, -0.05) is 12.5 Å². The van der Waals surface area contributed by atoms with Crippen molar-refractivity contribution in [1.82, 2.24) is 0 Å². The molecular weight excluding hydrogens is 352 g/mol. The van der Waals surface area contributed by atoms with Crippen molar-refractivity contribution in [1.29, 1.82) is 0 Å². The molecule has 0 aromatic heterocycles. The highest BCUT2D eigenvalue weighted by Gasteiger charge is 2.41. The molecule has 8 heteroatoms. The van der Waals surface area contributed by atoms with Crippen molar-refractivity contribution in [3.8, 4) is 0 Å². The van der Waals surface area contributed by atoms with Crippen LogP contribution in [0, 0.1) is 34.8 Å². The molecule has 0 heterocycles. The topological polar surface area (TPSA) is 116 Å². The molecule has 0 spiro atoms. The average molecular weight is 374 g/mol. The molecule has 2 aliphatic carbocycles. The van der Waals surface area contributed by atoms with Crippen molar-refractivity contribution in [3.05, 3.63) is 33.9 Å². The molecule has 8 nitrogen and oxygen atoms in total. The summed E-state index contributed by atoms with van der Waals surface area (Å²) in [6.07, 6.45) is 3.62. The quantitative estimate of drug-likeness (QED) is 0.481. The Morgan fingerprint density at radius 2 is 1.93 bits per heavy atom. The zero-order valence-electron chi connectivity index (χ0n) is 15.1. The number of nitro benzene ring substituents is 1. The van der Waals surface area contributed by atoms with Crippen molar-refractivity contribution in [3.63, 3.8) is 0 Å². The number of aryl methyl sites for hydroxylation is 1. The first-order valence-corrected chi connectivity index (χ1v) is 9.10. The van der Waals surface area contributed by atoms with E-state index in [2.05, 4.69) is 5.32 Å². The molecule has 1 aromatic rings. The van der Waals surface area contributed by atoms with Crippen molar-refractivity contribution in [2.24, 2.45) is 17.8 Å². The lowest BCUT2D eigenvalue weighted by Gasteiger charge is -2.36. The van der Waals surface area contributed by atoms with Crippen LogP contribution in [-0.4, -0.2) is 29.2 Å². The minimum Gasteiger partial charge on any atom is -0.455 e. The van der Waals surface area contributed by atoms with Gasteiger partial charge in [-0.05, 0) is 44.2 Å². The Bertz CT molecular complexity index is 774. The first-order chi connectivity index (χ1) is 12.8. The van der Waals surface area contributed by atoms with E-state index >= 15 is 0 Å². The number of anilines is 1. The maximum absolute atomic E-state index is 12.3. The van der Waals surface area contributed by atoms with Crippen LogP contribution in [0.2, 0.25) is 0 Å². The number of carbonyl (C=O) groups excluding carboxylic acids is 3. The van der Waals surface area contributed by atoms with E-state index in [1.165, 1.54) is 12.1 Å². The fraction of sp³-hybridized carbons (Fsp3) is 0.526. The highest BCUT2D eigenvalue weighted by molar-refractivity contribution is 5.95. The first kappa shape index (κ1) is 19.0. The number of nitrogens with zero attached hydrogens (tertiary/aromatic N) is 1. The third-order valence-corrected chi connectivity index (χ3v) is 5.35. The molecule has 0 aliphatic heterocycles. The van der Waals surface area contributed by atoms with E-state index in [4.69, 9.17) is 4.74 Å². The lowest BCUT2D eigenvalue weighted by atomic mass is 9.67. The van der Waals surface area contributed by atoms with Crippen LogP contribution in [0.4, 0.5) is 11.4 Å². The van der Waals surface area contributed by atoms with E-state index < -0.39 is 23.4 Å². The number of hydrogen-bond donors (Lipinski definition) is 1. The molecule has 0 saturated heterocycles. The van der Waals surface area contributed by atoms with Crippen LogP contribution in [0.5, 0.6) is 0 Å². The van der Waals surface area contributed by atoms with Crippen LogP contribution in [0.1, 0.15) is 37.7 Å². The molecule has 2 saturated carbocycles. The highest BCUT2D eigenvalue weighted by Crippen LogP contribution is 2.40. The second-order valence-electron chi connectivity index (χ2n) is 7.33. The van der Waals surface area contributed by atoms with E-state index in [0.717, 1.165) is 19.3 Å². The van der Waals surface area contributed by atoms with Gasteiger partial charge >= 0.3 is 5.97 Å². The number of nitro groups is 1. The van der Waals surface area contributed by atoms with Gasteiger partial charge in [0.15, 0.2) is 6.61 Å². The Hall–Kier alpha value is -2.77. The van der Waals surface area contributed by atoms with Gasteiger partial charge in [-0.2, -0.15) is 0 Å². The molecule has 1 amide bonds. The van der Waals surface area contributed by atoms with Gasteiger partial charge in [-0.15, -0.1) is 0 Å². The summed E-state index contributed by atoms with van der Waals surface area (Å²) in [5, 5.41) is 13.5. The molecule has 144 valence electrons. The number of nitrogens with one attached hydrogen (secondary N) is 1. The number of Topliss-reactive ketones (excluding diaryl/α,β-unsaturated/α-hetero) is 1. The van der Waals surface area contributed by atoms with Crippen molar-refractivity contribution >= 4 is 29.0 Å². The van der Waals surface area contributed by atoms with Gasteiger partial charge in [0, 0.05) is 17.9 Å². The molecule has 2 fully saturated rings. The third-order valence-electron chi connectivity index (χ3n) is 5.35. The van der Waals surface area contributed by atoms with Gasteiger partial charge < -0.3 is 10.1 Å². The van der Waals surface area contributed by atoms with Gasteiger partial charge in [-0.3, -0.25) is 24.5 Å². The fourth-order valence-electron chi connectivity index (χ4n) is 4.01. The molecule has 2 atom stereocenters. The van der Waals surface area contributed by atoms with Crippen LogP contribution >= 0.6 is 0 Å². The predicted octanol–water partition coefficient (Wildman–Crippen LogP) is 2.78. The summed E-state index contributed by atoms with van der Waals surface area (Å²) in [7, 11) is 0. The summed E-state index contributed by atoms with van der Waals surface area (Å²) in [4.78, 5) is 46.9. The molecule has 27 heavy (non-hydrogen) atoms. The number of esters is 1. The van der Waals surface area contributed by atoms with Gasteiger partial charge in [0.1, 0.15) is 11.5 Å². The number of benzene rings is 1. The van der Waals surface area contributed by atoms with E-state index in [1.807, 2.05) is 0 Å². The van der Waals surface area contributed by atoms with Gasteiger partial charge in [0.25, 0.3) is 11.6 Å². The van der Waals surface area contributed by atoms with Crippen molar-refractivity contribution in [2.45, 2.75) is 39.0 Å². The second-order valence-corrected chi connectivity index (χ2v) is 7.33. The number of carbonyl (C=O) groups is 3. The second kappa shape index (κ2) is 7.85. The van der Waals surface area contributed by atoms with Gasteiger partial charge in [0.05, 0.1) is 10.8 Å². The van der Waals surface area contributed by atoms with Gasteiger partial charge in [0.2, 0.25) is 0 Å². The SMILES string of the molecule is Cc1ccc(NC(=O)COC(=O)C2CC3CCCC(C2)C3=O)c([N+](=O)[O-])c1. The van der Waals surface area contributed by atoms with Crippen LogP contribution in [0.15, 0.2) is 18.2 Å². The van der Waals surface area contributed by atoms with Crippen LogP contribution in [0.3, 0.4) is 0 Å². The van der Waals surface area contributed by atoms with E-state index in [0.29, 0.717) is 18.4 Å². The Morgan fingerprint density at radius 1 is 1.26 bits per heavy atom. The minimum absolute atomic E-state index is 0.0597. The van der Waals surface area contributed by atoms with Crippen LogP contribution < -0.4 is 5.32 Å². The zero-order chi connectivity index (χ0) is 19.6. The standard InChI is InChI=1S/C19H22N2O6/c1-11-5-6-15(16(7-11)21(25)26)20-17(22)10-27-19(24)14-8-12-3-2-4-13(9-14)18(12)23/h5-7,12-14H,2-4,8-10H2,1H3,(H,20,22). The monoisotopic (exact) mass is 374 g/mol. The summed E-state index contributed by atoms with van der Waals surface area (Å²) < 4.78 is 5.11. The highest BCUT2D eigenvalue weighted by atomic mass is 16.6. The fourth-order valence-corrected chi connectivity index (χ4v) is 4.01. The van der Waals surface area contributed by atoms with Crippen molar-refractivity contribution in [2.75, 3.05) is 11.9 Å². The minimum atomic E-state index is -0.637. The largest absolute Gasteiger partial charge is 0.455 e. The maximum atomic E-state index is 12.3. The van der Waals surface area contributed by atoms with E-state index in [9.17, 15) is 24.5 Å². The van der Waals surface area contributed by atoms with Gasteiger partial charge in [-0.25, -0.2) is 0 Å². The van der Waals surface area contributed by atoms with Crippen LogP contribution in [0.25, 0.3) is 0 Å². The van der Waals surface area contributed by atoms with Crippen molar-refractivity contribution < 1.29 is 24.0 Å². The Labute approximate surface area is 156 Å². The Balaban J connectivity index is 1.54. The molecule has 0 radical (unpaired) electrons. The normalized spacial score (nSPS) is 24.2. The van der Waals surface area contributed by atoms with E-state index in [-0.39, 0.29) is 34.9 Å². The van der Waals surface area contributed by atoms with Crippen LogP contribution in [-0.2, 0) is 19.1 Å². The Morgan fingerprint density at radius 3 is 2.56 bits per heavy atom. The average Bonchev–Trinajstić information content (AvgIpc) is 2.60. The summed E-state index contributed by atoms with van der Waals surface area (Å²) in [5.74, 6) is -1.36. The lowest BCUT2D eigenvalue weighted by Crippen LogP contribution is -2.40. The molecule has 3 rings (SSSR count). The molecule has 2 unspecified atom stereocenters. The summed E-state index contributed by atoms with van der Waals surface area (Å²) in [6.45, 7) is 1.20. The maximum Gasteiger partial charge on any atom is 0.309 e. The number of ether oxygens (including phenoxy) is 1. The summed E-state index contributed by atoms with van der Waals surface area (Å²) >= 11 is 0. The number of hydrogen-bond acceptors (Lipinski definition) is 6. The molecular formula is C19H22N2O6. The predicted molar refractivity (Wildman–Crippen MR) is 96.0 cm³/mol. The molecule has 2 aliphatic rings. The zero-order valence-corrected chi connectivity index (χ0v) is 15.1. The molecule has 1 N–H and O–H groups in total. The number of rotatable bonds is 5. The smallest absolute Gasteiger partial charge is 0.309 e. The Kier molecular flexibility index (Phi) is 5.53. The summed E-state index contributed by atoms with van der Waals surface area (Å²) in [6, 6.07) is 4.45. The number of fused-ring (bicyclic) bond motifs is 2. The molecule has 1 aromatic carbocycles. The van der Waals surface area contributed by atoms with E-state index in [1.54, 1.807) is 13.0 Å². The lowest BCUT2D eigenvalue weighted by molar-refractivity contribution is -0.384.